The summed E-state index contributed by atoms with van der Waals surface area (Å²) in [4.78, 5) is 14.0. The number of carbonyl (C=O) groups is 1. The van der Waals surface area contributed by atoms with E-state index >= 15 is 0 Å². The van der Waals surface area contributed by atoms with Crippen LogP contribution >= 0.6 is 0 Å². The number of aliphatic hydroxyl groups is 1. The number of β-amino-alcohol motifs (C(OH)–C–C–N with tert-alkyl or cyclic N) is 1. The van der Waals surface area contributed by atoms with E-state index in [4.69, 9.17) is 9.47 Å². The first-order valence-electron chi connectivity index (χ1n) is 7.16. The molecule has 1 aromatic rings. The van der Waals surface area contributed by atoms with Gasteiger partial charge in [0.05, 0.1) is 12.1 Å². The van der Waals surface area contributed by atoms with Crippen LogP contribution in [0.1, 0.15) is 16.8 Å². The minimum absolute atomic E-state index is 0.132. The SMILES string of the molecule is CN(CC1(O)CCNC1)C(=O)c1ccc2c(c1)OCCO2. The van der Waals surface area contributed by atoms with E-state index < -0.39 is 5.60 Å². The Bertz CT molecular complexity index is 540. The van der Waals surface area contributed by atoms with Gasteiger partial charge in [-0.1, -0.05) is 0 Å². The molecule has 21 heavy (non-hydrogen) atoms. The number of rotatable bonds is 3. The van der Waals surface area contributed by atoms with Crippen LogP contribution in [0.5, 0.6) is 11.5 Å². The second-order valence-electron chi connectivity index (χ2n) is 5.67. The van der Waals surface area contributed by atoms with Crippen LogP contribution in [0.15, 0.2) is 18.2 Å². The standard InChI is InChI=1S/C15H20N2O4/c1-17(10-15(19)4-5-16-9-15)14(18)11-2-3-12-13(8-11)21-7-6-20-12/h2-3,8,16,19H,4-7,9-10H2,1H3. The van der Waals surface area contributed by atoms with E-state index in [0.29, 0.717) is 49.8 Å². The summed E-state index contributed by atoms with van der Waals surface area (Å²) < 4.78 is 10.9. The molecule has 0 aliphatic carbocycles. The number of nitrogens with zero attached hydrogens (tertiary/aromatic N) is 1. The van der Waals surface area contributed by atoms with E-state index in [-0.39, 0.29) is 5.91 Å². The predicted molar refractivity (Wildman–Crippen MR) is 76.8 cm³/mol. The Morgan fingerprint density at radius 3 is 2.86 bits per heavy atom. The normalized spacial score (nSPS) is 23.9. The number of hydrogen-bond acceptors (Lipinski definition) is 5. The number of hydrogen-bond donors (Lipinski definition) is 2. The molecule has 1 saturated heterocycles. The Hall–Kier alpha value is -1.79. The van der Waals surface area contributed by atoms with Gasteiger partial charge in [0.15, 0.2) is 11.5 Å². The number of carbonyl (C=O) groups excluding carboxylic acids is 1. The highest BCUT2D eigenvalue weighted by molar-refractivity contribution is 5.94. The summed E-state index contributed by atoms with van der Waals surface area (Å²) in [7, 11) is 1.70. The second-order valence-corrected chi connectivity index (χ2v) is 5.67. The van der Waals surface area contributed by atoms with Crippen LogP contribution in [0, 0.1) is 0 Å². The van der Waals surface area contributed by atoms with Crippen LogP contribution in [0.4, 0.5) is 0 Å². The van der Waals surface area contributed by atoms with Crippen molar-refractivity contribution in [3.63, 3.8) is 0 Å². The maximum absolute atomic E-state index is 12.5. The lowest BCUT2D eigenvalue weighted by molar-refractivity contribution is 0.0252. The molecule has 114 valence electrons. The molecule has 2 heterocycles. The summed E-state index contributed by atoms with van der Waals surface area (Å²) in [6, 6.07) is 5.18. The third-order valence-corrected chi connectivity index (χ3v) is 3.89. The Labute approximate surface area is 123 Å². The summed E-state index contributed by atoms with van der Waals surface area (Å²) in [6.07, 6.45) is 0.658. The molecule has 2 N–H and O–H groups in total. The van der Waals surface area contributed by atoms with Crippen molar-refractivity contribution < 1.29 is 19.4 Å². The summed E-state index contributed by atoms with van der Waals surface area (Å²) >= 11 is 0. The zero-order valence-corrected chi connectivity index (χ0v) is 12.1. The number of ether oxygens (including phenoxy) is 2. The van der Waals surface area contributed by atoms with Crippen molar-refractivity contribution in [1.29, 1.82) is 0 Å². The maximum atomic E-state index is 12.5. The molecule has 0 saturated carbocycles. The first-order valence-corrected chi connectivity index (χ1v) is 7.16. The van der Waals surface area contributed by atoms with Crippen LogP contribution in [-0.2, 0) is 0 Å². The van der Waals surface area contributed by atoms with Gasteiger partial charge < -0.3 is 24.8 Å². The average molecular weight is 292 g/mol. The monoisotopic (exact) mass is 292 g/mol. The van der Waals surface area contributed by atoms with Crippen molar-refractivity contribution in [2.75, 3.05) is 39.9 Å². The number of benzene rings is 1. The second kappa shape index (κ2) is 5.54. The quantitative estimate of drug-likeness (QED) is 0.836. The molecule has 2 aliphatic rings. The van der Waals surface area contributed by atoms with Gasteiger partial charge in [0, 0.05) is 19.2 Å². The highest BCUT2D eigenvalue weighted by atomic mass is 16.6. The molecule has 1 fully saturated rings. The van der Waals surface area contributed by atoms with Gasteiger partial charge in [-0.25, -0.2) is 0 Å². The Balaban J connectivity index is 1.72. The molecule has 0 aromatic heterocycles. The summed E-state index contributed by atoms with van der Waals surface area (Å²) in [5, 5.41) is 13.5. The highest BCUT2D eigenvalue weighted by Crippen LogP contribution is 2.31. The van der Waals surface area contributed by atoms with E-state index in [9.17, 15) is 9.90 Å². The van der Waals surface area contributed by atoms with E-state index in [1.165, 1.54) is 0 Å². The lowest BCUT2D eigenvalue weighted by atomic mass is 10.0. The molecule has 1 aromatic carbocycles. The molecule has 1 atom stereocenters. The molecule has 6 nitrogen and oxygen atoms in total. The maximum Gasteiger partial charge on any atom is 0.253 e. The zero-order chi connectivity index (χ0) is 14.9. The number of nitrogens with one attached hydrogen (secondary N) is 1. The van der Waals surface area contributed by atoms with Gasteiger partial charge >= 0.3 is 0 Å². The van der Waals surface area contributed by atoms with Crippen LogP contribution in [0.3, 0.4) is 0 Å². The zero-order valence-electron chi connectivity index (χ0n) is 12.1. The number of amides is 1. The lowest BCUT2D eigenvalue weighted by Crippen LogP contribution is -2.45. The third kappa shape index (κ3) is 2.96. The van der Waals surface area contributed by atoms with E-state index in [1.54, 1.807) is 30.1 Å². The molecule has 0 spiro atoms. The Kier molecular flexibility index (Phi) is 3.73. The van der Waals surface area contributed by atoms with Gasteiger partial charge in [-0.15, -0.1) is 0 Å². The van der Waals surface area contributed by atoms with Crippen LogP contribution < -0.4 is 14.8 Å². The fourth-order valence-corrected chi connectivity index (χ4v) is 2.78. The fourth-order valence-electron chi connectivity index (χ4n) is 2.78. The average Bonchev–Trinajstić information content (AvgIpc) is 2.92. The summed E-state index contributed by atoms with van der Waals surface area (Å²) in [6.45, 7) is 2.63. The van der Waals surface area contributed by atoms with E-state index in [2.05, 4.69) is 5.32 Å². The lowest BCUT2D eigenvalue weighted by Gasteiger charge is -2.28. The topological polar surface area (TPSA) is 71.0 Å². The van der Waals surface area contributed by atoms with Crippen LogP contribution in [0.25, 0.3) is 0 Å². The molecule has 1 amide bonds. The van der Waals surface area contributed by atoms with Crippen molar-refractivity contribution >= 4 is 5.91 Å². The van der Waals surface area contributed by atoms with Gasteiger partial charge in [0.2, 0.25) is 0 Å². The molecular formula is C15H20N2O4. The van der Waals surface area contributed by atoms with Crippen molar-refractivity contribution in [2.45, 2.75) is 12.0 Å². The summed E-state index contributed by atoms with van der Waals surface area (Å²) in [5.41, 5.74) is -0.297. The van der Waals surface area contributed by atoms with Crippen molar-refractivity contribution in [3.05, 3.63) is 23.8 Å². The van der Waals surface area contributed by atoms with Crippen LogP contribution in [-0.4, -0.2) is 61.4 Å². The van der Waals surface area contributed by atoms with Crippen molar-refractivity contribution in [1.82, 2.24) is 10.2 Å². The molecule has 0 bridgehead atoms. The number of likely N-dealkylation sites (N-methyl/N-ethyl adjacent to an activating group) is 1. The van der Waals surface area contributed by atoms with E-state index in [1.807, 2.05) is 0 Å². The molecular weight excluding hydrogens is 272 g/mol. The van der Waals surface area contributed by atoms with Crippen LogP contribution in [0.2, 0.25) is 0 Å². The van der Waals surface area contributed by atoms with Gasteiger partial charge in [-0.2, -0.15) is 0 Å². The van der Waals surface area contributed by atoms with Gasteiger partial charge in [-0.05, 0) is 31.2 Å². The Morgan fingerprint density at radius 1 is 1.38 bits per heavy atom. The van der Waals surface area contributed by atoms with Crippen molar-refractivity contribution in [2.24, 2.45) is 0 Å². The molecule has 3 rings (SSSR count). The largest absolute Gasteiger partial charge is 0.486 e. The minimum Gasteiger partial charge on any atom is -0.486 e. The predicted octanol–water partition coefficient (Wildman–Crippen LogP) is 0.254. The van der Waals surface area contributed by atoms with Crippen molar-refractivity contribution in [3.8, 4) is 11.5 Å². The highest BCUT2D eigenvalue weighted by Gasteiger charge is 2.33. The fraction of sp³-hybridized carbons (Fsp3) is 0.533. The molecule has 0 radical (unpaired) electrons. The van der Waals surface area contributed by atoms with Gasteiger partial charge in [-0.3, -0.25) is 4.79 Å². The van der Waals surface area contributed by atoms with E-state index in [0.717, 1.165) is 6.54 Å². The molecule has 1 unspecified atom stereocenters. The van der Waals surface area contributed by atoms with Gasteiger partial charge in [0.1, 0.15) is 13.2 Å². The summed E-state index contributed by atoms with van der Waals surface area (Å²) in [5.74, 6) is 1.13. The first-order chi connectivity index (χ1) is 10.1. The first kappa shape index (κ1) is 14.2. The smallest absolute Gasteiger partial charge is 0.253 e. The minimum atomic E-state index is -0.835. The Morgan fingerprint density at radius 2 is 2.14 bits per heavy atom. The van der Waals surface area contributed by atoms with Gasteiger partial charge in [0.25, 0.3) is 5.91 Å². The third-order valence-electron chi connectivity index (χ3n) is 3.89. The number of fused-ring (bicyclic) bond motifs is 1. The molecule has 2 aliphatic heterocycles. The molecule has 6 heteroatoms.